The average molecular weight is 465 g/mol. The van der Waals surface area contributed by atoms with Crippen molar-refractivity contribution in [3.05, 3.63) is 93.7 Å². The van der Waals surface area contributed by atoms with Gasteiger partial charge in [-0.05, 0) is 73.7 Å². The van der Waals surface area contributed by atoms with Crippen molar-refractivity contribution in [2.24, 2.45) is 0 Å². The van der Waals surface area contributed by atoms with E-state index in [1.165, 1.54) is 11.1 Å². The van der Waals surface area contributed by atoms with E-state index in [2.05, 4.69) is 43.1 Å². The van der Waals surface area contributed by atoms with Gasteiger partial charge in [0.1, 0.15) is 5.75 Å². The summed E-state index contributed by atoms with van der Waals surface area (Å²) < 4.78 is 10.0. The molecule has 5 nitrogen and oxygen atoms in total. The summed E-state index contributed by atoms with van der Waals surface area (Å²) in [6, 6.07) is 23.8. The van der Waals surface area contributed by atoms with Gasteiger partial charge in [-0.3, -0.25) is 9.47 Å². The number of hydrogen-bond donors (Lipinski definition) is 0. The van der Waals surface area contributed by atoms with Crippen LogP contribution in [0.25, 0.3) is 17.1 Å². The normalized spacial score (nSPS) is 11.2. The maximum atomic E-state index is 6.12. The van der Waals surface area contributed by atoms with Gasteiger partial charge in [-0.15, -0.1) is 5.10 Å². The molecule has 4 rings (SSSR count). The highest BCUT2D eigenvalue weighted by Gasteiger charge is 2.18. The van der Waals surface area contributed by atoms with Crippen molar-refractivity contribution in [2.45, 2.75) is 20.1 Å². The fraction of sp³-hybridized carbons (Fsp3) is 0.200. The lowest BCUT2D eigenvalue weighted by Gasteiger charge is -2.17. The molecule has 1 aromatic heterocycles. The summed E-state index contributed by atoms with van der Waals surface area (Å²) in [6.07, 6.45) is 0. The zero-order chi connectivity index (χ0) is 22.7. The summed E-state index contributed by atoms with van der Waals surface area (Å²) in [5.74, 6) is 1.46. The molecule has 0 radical (unpaired) electrons. The molecule has 0 bridgehead atoms. The van der Waals surface area contributed by atoms with Crippen LogP contribution in [0.4, 0.5) is 0 Å². The number of nitrogens with zero attached hydrogens (tertiary/aromatic N) is 4. The number of halogens is 1. The highest BCUT2D eigenvalue weighted by molar-refractivity contribution is 7.71. The zero-order valence-electron chi connectivity index (χ0n) is 18.3. The molecule has 32 heavy (non-hydrogen) atoms. The number of rotatable bonds is 7. The Balaban J connectivity index is 1.76. The van der Waals surface area contributed by atoms with Gasteiger partial charge in [0.25, 0.3) is 0 Å². The Labute approximate surface area is 198 Å². The quantitative estimate of drug-likeness (QED) is 0.308. The molecule has 0 N–H and O–H groups in total. The first kappa shape index (κ1) is 22.3. The lowest BCUT2D eigenvalue weighted by molar-refractivity contribution is 0.244. The molecule has 0 fully saturated rings. The van der Waals surface area contributed by atoms with Crippen molar-refractivity contribution in [3.8, 4) is 22.8 Å². The van der Waals surface area contributed by atoms with Crippen LogP contribution in [0.2, 0.25) is 5.02 Å². The van der Waals surface area contributed by atoms with E-state index in [0.717, 1.165) is 29.4 Å². The Morgan fingerprint density at radius 3 is 2.41 bits per heavy atom. The molecule has 0 spiro atoms. The minimum absolute atomic E-state index is 0.551. The Hall–Kier alpha value is -2.93. The molecule has 3 aromatic carbocycles. The second-order valence-electron chi connectivity index (χ2n) is 7.70. The van der Waals surface area contributed by atoms with Crippen LogP contribution in [-0.4, -0.2) is 33.4 Å². The van der Waals surface area contributed by atoms with Gasteiger partial charge in [-0.25, -0.2) is 4.68 Å². The predicted molar refractivity (Wildman–Crippen MR) is 132 cm³/mol. The molecule has 0 aliphatic rings. The highest BCUT2D eigenvalue weighted by Crippen LogP contribution is 2.31. The second-order valence-corrected chi connectivity index (χ2v) is 8.50. The summed E-state index contributed by atoms with van der Waals surface area (Å²) in [4.78, 5) is 2.20. The van der Waals surface area contributed by atoms with Gasteiger partial charge in [0.2, 0.25) is 4.77 Å². The van der Waals surface area contributed by atoms with E-state index in [1.54, 1.807) is 7.11 Å². The van der Waals surface area contributed by atoms with Crippen LogP contribution in [0.5, 0.6) is 5.75 Å². The van der Waals surface area contributed by atoms with E-state index in [4.69, 9.17) is 33.7 Å². The monoisotopic (exact) mass is 464 g/mol. The largest absolute Gasteiger partial charge is 0.496 e. The molecule has 0 unspecified atom stereocenters. The first-order valence-electron chi connectivity index (χ1n) is 10.3. The van der Waals surface area contributed by atoms with E-state index < -0.39 is 0 Å². The zero-order valence-corrected chi connectivity index (χ0v) is 19.9. The van der Waals surface area contributed by atoms with Crippen molar-refractivity contribution in [1.82, 2.24) is 19.2 Å². The van der Waals surface area contributed by atoms with Crippen molar-refractivity contribution in [2.75, 3.05) is 14.2 Å². The van der Waals surface area contributed by atoms with E-state index in [0.29, 0.717) is 16.5 Å². The number of aryl methyl sites for hydroxylation is 1. The van der Waals surface area contributed by atoms with Crippen LogP contribution >= 0.6 is 23.8 Å². The molecule has 0 amide bonds. The van der Waals surface area contributed by atoms with Crippen molar-refractivity contribution in [1.29, 1.82) is 0 Å². The number of hydrogen-bond acceptors (Lipinski definition) is 4. The molecule has 164 valence electrons. The number of para-hydroxylation sites is 1. The van der Waals surface area contributed by atoms with E-state index in [1.807, 2.05) is 57.8 Å². The third kappa shape index (κ3) is 4.63. The van der Waals surface area contributed by atoms with E-state index in [9.17, 15) is 0 Å². The van der Waals surface area contributed by atoms with E-state index >= 15 is 0 Å². The predicted octanol–water partition coefficient (Wildman–Crippen LogP) is 6.13. The first-order chi connectivity index (χ1) is 15.5. The summed E-state index contributed by atoms with van der Waals surface area (Å²) in [7, 11) is 3.73. The Kier molecular flexibility index (Phi) is 6.74. The average Bonchev–Trinajstić information content (AvgIpc) is 3.11. The Bertz CT molecular complexity index is 1280. The minimum Gasteiger partial charge on any atom is -0.496 e. The lowest BCUT2D eigenvalue weighted by atomic mass is 10.1. The van der Waals surface area contributed by atoms with Gasteiger partial charge < -0.3 is 4.74 Å². The fourth-order valence-electron chi connectivity index (χ4n) is 3.68. The molecule has 0 aliphatic heterocycles. The Morgan fingerprint density at radius 1 is 1.00 bits per heavy atom. The van der Waals surface area contributed by atoms with Gasteiger partial charge >= 0.3 is 0 Å². The van der Waals surface area contributed by atoms with Crippen molar-refractivity contribution in [3.63, 3.8) is 0 Å². The van der Waals surface area contributed by atoms with Crippen LogP contribution in [0.3, 0.4) is 0 Å². The molecule has 0 atom stereocenters. The van der Waals surface area contributed by atoms with Gasteiger partial charge in [0.05, 0.1) is 25.0 Å². The van der Waals surface area contributed by atoms with Gasteiger partial charge in [0, 0.05) is 11.6 Å². The summed E-state index contributed by atoms with van der Waals surface area (Å²) in [5, 5.41) is 5.58. The third-order valence-electron chi connectivity index (χ3n) is 5.35. The smallest absolute Gasteiger partial charge is 0.204 e. The number of benzene rings is 3. The molecular weight excluding hydrogens is 440 g/mol. The second kappa shape index (κ2) is 9.69. The Morgan fingerprint density at radius 2 is 1.69 bits per heavy atom. The van der Waals surface area contributed by atoms with Crippen LogP contribution in [0.15, 0.2) is 72.8 Å². The molecule has 7 heteroatoms. The molecule has 4 aromatic rings. The van der Waals surface area contributed by atoms with Crippen molar-refractivity contribution < 1.29 is 4.74 Å². The van der Waals surface area contributed by atoms with Crippen LogP contribution in [0, 0.1) is 11.7 Å². The van der Waals surface area contributed by atoms with Gasteiger partial charge in [-0.2, -0.15) is 0 Å². The van der Waals surface area contributed by atoms with Crippen LogP contribution in [-0.2, 0) is 13.2 Å². The number of aromatic nitrogens is 3. The topological polar surface area (TPSA) is 35.2 Å². The summed E-state index contributed by atoms with van der Waals surface area (Å²) in [6.45, 7) is 3.48. The maximum absolute atomic E-state index is 6.12. The lowest BCUT2D eigenvalue weighted by Crippen LogP contribution is -2.23. The number of methoxy groups -OCH3 is 1. The molecule has 0 saturated heterocycles. The highest BCUT2D eigenvalue weighted by atomic mass is 35.5. The number of ether oxygens (including phenoxy) is 1. The third-order valence-corrected chi connectivity index (χ3v) is 5.99. The van der Waals surface area contributed by atoms with Crippen molar-refractivity contribution >= 4 is 23.8 Å². The summed E-state index contributed by atoms with van der Waals surface area (Å²) >= 11 is 12.0. The SMILES string of the molecule is COc1ccccc1-c1nn(CN(C)Cc2ccccc2C)c(=S)n1-c1ccc(Cl)cc1. The minimum atomic E-state index is 0.551. The molecular formula is C25H25ClN4OS. The summed E-state index contributed by atoms with van der Waals surface area (Å²) in [5.41, 5.74) is 4.32. The molecule has 0 saturated carbocycles. The molecule has 0 aliphatic carbocycles. The van der Waals surface area contributed by atoms with Crippen LogP contribution < -0.4 is 4.74 Å². The van der Waals surface area contributed by atoms with E-state index in [-0.39, 0.29) is 0 Å². The first-order valence-corrected chi connectivity index (χ1v) is 11.1. The fourth-order valence-corrected chi connectivity index (χ4v) is 4.10. The van der Waals surface area contributed by atoms with Gasteiger partial charge in [-0.1, -0.05) is 48.0 Å². The maximum Gasteiger partial charge on any atom is 0.204 e. The standard InChI is InChI=1S/C25H25ClN4OS/c1-18-8-4-5-9-19(18)16-28(2)17-29-25(32)30(21-14-12-20(26)13-15-21)24(27-29)22-10-6-7-11-23(22)31-3/h4-15H,16-17H2,1-3H3. The van der Waals surface area contributed by atoms with Gasteiger partial charge in [0.15, 0.2) is 5.82 Å². The van der Waals surface area contributed by atoms with Crippen LogP contribution in [0.1, 0.15) is 11.1 Å². The molecule has 1 heterocycles.